The predicted octanol–water partition coefficient (Wildman–Crippen LogP) is 3.33. The summed E-state index contributed by atoms with van der Waals surface area (Å²) in [5.41, 5.74) is 1.49. The van der Waals surface area contributed by atoms with Crippen LogP contribution in [0.1, 0.15) is 64.9 Å². The van der Waals surface area contributed by atoms with Gasteiger partial charge in [-0.15, -0.1) is 0 Å². The molecule has 1 amide bonds. The molecule has 1 aliphatic carbocycles. The van der Waals surface area contributed by atoms with Crippen LogP contribution in [0.5, 0.6) is 0 Å². The van der Waals surface area contributed by atoms with Crippen molar-refractivity contribution in [3.63, 3.8) is 0 Å². The standard InChI is InChI=1S/C19H28N2O3S/c1-14(22)21-13-19(2,3)17-12-16(10-11-18(17)21)25(23,24)20-15-8-6-4-5-7-9-15/h10-12,15,20H,4-9,13H2,1-3H3. The highest BCUT2D eigenvalue weighted by molar-refractivity contribution is 7.89. The van der Waals surface area contributed by atoms with Crippen LogP contribution in [0.15, 0.2) is 23.1 Å². The molecule has 0 bridgehead atoms. The summed E-state index contributed by atoms with van der Waals surface area (Å²) in [6, 6.07) is 5.17. The Morgan fingerprint density at radius 2 is 1.80 bits per heavy atom. The van der Waals surface area contributed by atoms with E-state index in [4.69, 9.17) is 0 Å². The molecule has 138 valence electrons. The van der Waals surface area contributed by atoms with Crippen molar-refractivity contribution in [2.75, 3.05) is 11.4 Å². The van der Waals surface area contributed by atoms with Gasteiger partial charge in [0, 0.05) is 30.6 Å². The number of carbonyl (C=O) groups is 1. The van der Waals surface area contributed by atoms with Gasteiger partial charge in [0.15, 0.2) is 0 Å². The lowest BCUT2D eigenvalue weighted by molar-refractivity contribution is -0.116. The Morgan fingerprint density at radius 3 is 2.40 bits per heavy atom. The van der Waals surface area contributed by atoms with E-state index in [1.54, 1.807) is 30.0 Å². The Morgan fingerprint density at radius 1 is 1.16 bits per heavy atom. The van der Waals surface area contributed by atoms with Crippen molar-refractivity contribution >= 4 is 21.6 Å². The van der Waals surface area contributed by atoms with Crippen molar-refractivity contribution in [2.24, 2.45) is 0 Å². The number of carbonyl (C=O) groups excluding carboxylic acids is 1. The van der Waals surface area contributed by atoms with E-state index in [9.17, 15) is 13.2 Å². The highest BCUT2D eigenvalue weighted by Gasteiger charge is 2.37. The van der Waals surface area contributed by atoms with Crippen molar-refractivity contribution in [3.8, 4) is 0 Å². The first kappa shape index (κ1) is 18.4. The molecule has 0 atom stereocenters. The maximum Gasteiger partial charge on any atom is 0.240 e. The summed E-state index contributed by atoms with van der Waals surface area (Å²) >= 11 is 0. The molecule has 1 saturated carbocycles. The predicted molar refractivity (Wildman–Crippen MR) is 99.3 cm³/mol. The van der Waals surface area contributed by atoms with Crippen molar-refractivity contribution in [3.05, 3.63) is 23.8 Å². The molecule has 0 saturated heterocycles. The molecule has 1 aromatic carbocycles. The zero-order valence-electron chi connectivity index (χ0n) is 15.3. The quantitative estimate of drug-likeness (QED) is 0.837. The zero-order chi connectivity index (χ0) is 18.2. The van der Waals surface area contributed by atoms with Crippen LogP contribution in [-0.4, -0.2) is 26.9 Å². The monoisotopic (exact) mass is 364 g/mol. The molecule has 1 fully saturated rings. The van der Waals surface area contributed by atoms with Crippen molar-refractivity contribution in [1.29, 1.82) is 0 Å². The van der Waals surface area contributed by atoms with E-state index in [0.29, 0.717) is 11.4 Å². The second kappa shape index (κ2) is 6.72. The third-order valence-corrected chi connectivity index (χ3v) is 6.93. The molecule has 3 rings (SSSR count). The molecule has 5 nitrogen and oxygen atoms in total. The van der Waals surface area contributed by atoms with Crippen LogP contribution in [0.25, 0.3) is 0 Å². The summed E-state index contributed by atoms with van der Waals surface area (Å²) in [6.07, 6.45) is 6.36. The van der Waals surface area contributed by atoms with Gasteiger partial charge >= 0.3 is 0 Å². The SMILES string of the molecule is CC(=O)N1CC(C)(C)c2cc(S(=O)(=O)NC3CCCCCC3)ccc21. The van der Waals surface area contributed by atoms with E-state index in [0.717, 1.165) is 36.9 Å². The molecule has 0 aromatic heterocycles. The first-order chi connectivity index (χ1) is 11.7. The summed E-state index contributed by atoms with van der Waals surface area (Å²) in [5.74, 6) is -0.0148. The lowest BCUT2D eigenvalue weighted by atomic mass is 9.87. The lowest BCUT2D eigenvalue weighted by Gasteiger charge is -2.20. The fraction of sp³-hybridized carbons (Fsp3) is 0.632. The second-order valence-electron chi connectivity index (χ2n) is 7.98. The van der Waals surface area contributed by atoms with Gasteiger partial charge in [-0.2, -0.15) is 0 Å². The molecular weight excluding hydrogens is 336 g/mol. The number of nitrogens with one attached hydrogen (secondary N) is 1. The first-order valence-electron chi connectivity index (χ1n) is 9.16. The number of nitrogens with zero attached hydrogens (tertiary/aromatic N) is 1. The number of hydrogen-bond acceptors (Lipinski definition) is 3. The molecule has 1 aliphatic heterocycles. The Labute approximate surface area is 150 Å². The van der Waals surface area contributed by atoms with E-state index in [-0.39, 0.29) is 17.4 Å². The van der Waals surface area contributed by atoms with Gasteiger partial charge in [0.2, 0.25) is 15.9 Å². The van der Waals surface area contributed by atoms with Crippen LogP contribution in [-0.2, 0) is 20.2 Å². The van der Waals surface area contributed by atoms with Crippen LogP contribution < -0.4 is 9.62 Å². The summed E-state index contributed by atoms with van der Waals surface area (Å²) in [4.78, 5) is 13.9. The van der Waals surface area contributed by atoms with Crippen LogP contribution in [0.3, 0.4) is 0 Å². The molecule has 6 heteroatoms. The van der Waals surface area contributed by atoms with Gasteiger partial charge < -0.3 is 4.90 Å². The Hall–Kier alpha value is -1.40. The minimum Gasteiger partial charge on any atom is -0.311 e. The Kier molecular flexibility index (Phi) is 4.95. The van der Waals surface area contributed by atoms with Gasteiger partial charge in [-0.3, -0.25) is 4.79 Å². The van der Waals surface area contributed by atoms with Crippen molar-refractivity contribution in [2.45, 2.75) is 75.6 Å². The van der Waals surface area contributed by atoms with Crippen LogP contribution in [0.4, 0.5) is 5.69 Å². The number of benzene rings is 1. The minimum absolute atomic E-state index is 0.0148. The molecule has 1 aromatic rings. The summed E-state index contributed by atoms with van der Waals surface area (Å²) in [5, 5.41) is 0. The maximum absolute atomic E-state index is 12.8. The van der Waals surface area contributed by atoms with Gasteiger partial charge in [-0.05, 0) is 36.6 Å². The largest absolute Gasteiger partial charge is 0.311 e. The van der Waals surface area contributed by atoms with Gasteiger partial charge in [0.25, 0.3) is 0 Å². The smallest absolute Gasteiger partial charge is 0.240 e. The Bertz CT molecular complexity index is 763. The molecule has 0 unspecified atom stereocenters. The maximum atomic E-state index is 12.8. The summed E-state index contributed by atoms with van der Waals surface area (Å²) < 4.78 is 28.6. The highest BCUT2D eigenvalue weighted by Crippen LogP contribution is 2.41. The number of amides is 1. The van der Waals surface area contributed by atoms with Gasteiger partial charge in [-0.25, -0.2) is 13.1 Å². The number of fused-ring (bicyclic) bond motifs is 1. The van der Waals surface area contributed by atoms with Crippen molar-refractivity contribution in [1.82, 2.24) is 4.72 Å². The molecule has 2 aliphatic rings. The highest BCUT2D eigenvalue weighted by atomic mass is 32.2. The number of anilines is 1. The van der Waals surface area contributed by atoms with Gasteiger partial charge in [0.05, 0.1) is 4.90 Å². The third kappa shape index (κ3) is 3.75. The average Bonchev–Trinajstić information content (AvgIpc) is 2.68. The molecule has 1 heterocycles. The summed E-state index contributed by atoms with van der Waals surface area (Å²) in [6.45, 7) is 6.22. The molecular formula is C19H28N2O3S. The third-order valence-electron chi connectivity index (χ3n) is 5.41. The fourth-order valence-corrected chi connectivity index (χ4v) is 5.32. The first-order valence-corrected chi connectivity index (χ1v) is 10.6. The second-order valence-corrected chi connectivity index (χ2v) is 9.69. The van der Waals surface area contributed by atoms with E-state index in [2.05, 4.69) is 4.72 Å². The van der Waals surface area contributed by atoms with E-state index < -0.39 is 10.0 Å². The van der Waals surface area contributed by atoms with Crippen LogP contribution in [0, 0.1) is 0 Å². The van der Waals surface area contributed by atoms with Gasteiger partial charge in [-0.1, -0.05) is 39.5 Å². The van der Waals surface area contributed by atoms with Crippen LogP contribution in [0.2, 0.25) is 0 Å². The van der Waals surface area contributed by atoms with Crippen LogP contribution >= 0.6 is 0 Å². The molecule has 1 N–H and O–H groups in total. The zero-order valence-corrected chi connectivity index (χ0v) is 16.2. The van der Waals surface area contributed by atoms with Crippen molar-refractivity contribution < 1.29 is 13.2 Å². The molecule has 0 radical (unpaired) electrons. The fourth-order valence-electron chi connectivity index (χ4n) is 3.99. The topological polar surface area (TPSA) is 66.5 Å². The Balaban J connectivity index is 1.89. The molecule has 25 heavy (non-hydrogen) atoms. The number of sulfonamides is 1. The number of rotatable bonds is 3. The van der Waals surface area contributed by atoms with E-state index in [1.165, 1.54) is 12.8 Å². The lowest BCUT2D eigenvalue weighted by Crippen LogP contribution is -2.34. The summed E-state index contributed by atoms with van der Waals surface area (Å²) in [7, 11) is -3.54. The normalized spacial score (nSPS) is 21.0. The minimum atomic E-state index is -3.54. The molecule has 0 spiro atoms. The van der Waals surface area contributed by atoms with E-state index >= 15 is 0 Å². The van der Waals surface area contributed by atoms with E-state index in [1.807, 2.05) is 13.8 Å². The number of hydrogen-bond donors (Lipinski definition) is 1. The van der Waals surface area contributed by atoms with Gasteiger partial charge in [0.1, 0.15) is 0 Å². The average molecular weight is 365 g/mol.